The highest BCUT2D eigenvalue weighted by Gasteiger charge is 2.41. The Hall–Kier alpha value is -2.08. The fourth-order valence-corrected chi connectivity index (χ4v) is 5.83. The molecule has 0 fully saturated rings. The molecule has 0 saturated carbocycles. The molecule has 0 aliphatic rings. The first-order valence-electron chi connectivity index (χ1n) is 8.30. The standard InChI is InChI=1S/C21H17Cl2N2OP/c22-21(23,16-24)20(17-10-4-1-5-11-17)25-27(26,18-12-6-2-7-13-18)19-14-8-3-9-15-19/h1-15,20H,(H,25,26)/t20-/m0/s1. The second-order valence-electron chi connectivity index (χ2n) is 5.99. The van der Waals surface area contributed by atoms with Gasteiger partial charge in [0, 0.05) is 10.6 Å². The van der Waals surface area contributed by atoms with E-state index in [9.17, 15) is 9.83 Å². The average Bonchev–Trinajstić information content (AvgIpc) is 2.73. The second-order valence-corrected chi connectivity index (χ2v) is 9.88. The van der Waals surface area contributed by atoms with Gasteiger partial charge in [-0.15, -0.1) is 0 Å². The third kappa shape index (κ3) is 4.26. The van der Waals surface area contributed by atoms with Crippen LogP contribution in [0.2, 0.25) is 0 Å². The molecule has 3 aromatic rings. The number of alkyl halides is 2. The molecule has 136 valence electrons. The summed E-state index contributed by atoms with van der Waals surface area (Å²) in [5, 5.41) is 13.9. The quantitative estimate of drug-likeness (QED) is 0.458. The second kappa shape index (κ2) is 8.30. The monoisotopic (exact) mass is 414 g/mol. The van der Waals surface area contributed by atoms with Crippen molar-refractivity contribution >= 4 is 41.1 Å². The van der Waals surface area contributed by atoms with Crippen LogP contribution in [0.4, 0.5) is 0 Å². The van der Waals surface area contributed by atoms with Crippen LogP contribution in [0.3, 0.4) is 0 Å². The van der Waals surface area contributed by atoms with E-state index in [4.69, 9.17) is 23.2 Å². The average molecular weight is 415 g/mol. The third-order valence-electron chi connectivity index (χ3n) is 4.20. The van der Waals surface area contributed by atoms with E-state index in [-0.39, 0.29) is 0 Å². The lowest BCUT2D eigenvalue weighted by atomic mass is 10.1. The van der Waals surface area contributed by atoms with Gasteiger partial charge in [-0.25, -0.2) is 5.09 Å². The zero-order valence-electron chi connectivity index (χ0n) is 14.3. The normalized spacial score (nSPS) is 12.9. The largest absolute Gasteiger partial charge is 0.297 e. The Balaban J connectivity index is 2.15. The van der Waals surface area contributed by atoms with E-state index in [1.165, 1.54) is 0 Å². The molecule has 1 N–H and O–H groups in total. The van der Waals surface area contributed by atoms with Crippen LogP contribution in [0.15, 0.2) is 91.0 Å². The Bertz CT molecular complexity index is 930. The number of hydrogen-bond acceptors (Lipinski definition) is 2. The van der Waals surface area contributed by atoms with Crippen LogP contribution in [-0.2, 0) is 4.57 Å². The molecule has 0 saturated heterocycles. The van der Waals surface area contributed by atoms with Crippen molar-refractivity contribution in [2.75, 3.05) is 0 Å². The highest BCUT2D eigenvalue weighted by molar-refractivity contribution is 7.76. The van der Waals surface area contributed by atoms with Gasteiger partial charge in [0.1, 0.15) is 6.07 Å². The van der Waals surface area contributed by atoms with E-state index in [2.05, 4.69) is 5.09 Å². The number of nitriles is 1. The van der Waals surface area contributed by atoms with Crippen molar-refractivity contribution in [3.05, 3.63) is 96.6 Å². The number of halogens is 2. The van der Waals surface area contributed by atoms with E-state index >= 15 is 0 Å². The predicted octanol–water partition coefficient (Wildman–Crippen LogP) is 4.94. The molecule has 6 heteroatoms. The Labute approximate surface area is 169 Å². The number of rotatable bonds is 6. The predicted molar refractivity (Wildman–Crippen MR) is 112 cm³/mol. The van der Waals surface area contributed by atoms with E-state index < -0.39 is 17.7 Å². The van der Waals surface area contributed by atoms with Gasteiger partial charge in [-0.3, -0.25) is 4.57 Å². The minimum absolute atomic E-state index is 0.610. The highest BCUT2D eigenvalue weighted by Crippen LogP contribution is 2.46. The fourth-order valence-electron chi connectivity index (χ4n) is 2.83. The Morgan fingerprint density at radius 2 is 1.22 bits per heavy atom. The smallest absolute Gasteiger partial charge is 0.222 e. The molecular weight excluding hydrogens is 398 g/mol. The maximum atomic E-state index is 14.2. The van der Waals surface area contributed by atoms with Crippen molar-refractivity contribution in [1.82, 2.24) is 5.09 Å². The molecule has 0 aliphatic heterocycles. The third-order valence-corrected chi connectivity index (χ3v) is 7.47. The topological polar surface area (TPSA) is 52.9 Å². The van der Waals surface area contributed by atoms with Gasteiger partial charge in [0.2, 0.25) is 11.6 Å². The van der Waals surface area contributed by atoms with Gasteiger partial charge >= 0.3 is 0 Å². The first-order chi connectivity index (χ1) is 13.0. The maximum Gasteiger partial charge on any atom is 0.222 e. The molecular formula is C21H17Cl2N2OP. The van der Waals surface area contributed by atoms with Gasteiger partial charge < -0.3 is 0 Å². The van der Waals surface area contributed by atoms with Crippen LogP contribution in [0.1, 0.15) is 11.6 Å². The van der Waals surface area contributed by atoms with Crippen molar-refractivity contribution in [3.63, 3.8) is 0 Å². The summed E-state index contributed by atoms with van der Waals surface area (Å²) >= 11 is 12.6. The zero-order chi connectivity index (χ0) is 19.3. The van der Waals surface area contributed by atoms with Crippen LogP contribution in [0, 0.1) is 11.3 Å². The van der Waals surface area contributed by atoms with Crippen LogP contribution < -0.4 is 15.7 Å². The van der Waals surface area contributed by atoms with Gasteiger partial charge in [0.15, 0.2) is 0 Å². The van der Waals surface area contributed by atoms with Crippen LogP contribution in [0.25, 0.3) is 0 Å². The van der Waals surface area contributed by atoms with E-state index in [0.717, 1.165) is 0 Å². The lowest BCUT2D eigenvalue weighted by molar-refractivity contribution is 0.557. The summed E-state index contributed by atoms with van der Waals surface area (Å²) in [6.45, 7) is 0. The maximum absolute atomic E-state index is 14.2. The molecule has 3 nitrogen and oxygen atoms in total. The highest BCUT2D eigenvalue weighted by atomic mass is 35.5. The Morgan fingerprint density at radius 3 is 1.63 bits per heavy atom. The summed E-state index contributed by atoms with van der Waals surface area (Å²) in [5.41, 5.74) is 0.677. The SMILES string of the molecule is N#CC(Cl)(Cl)[C@@H](NP(=O)(c1ccccc1)c1ccccc1)c1ccccc1. The molecule has 0 aromatic heterocycles. The first-order valence-corrected chi connectivity index (χ1v) is 10.8. The van der Waals surface area contributed by atoms with Crippen molar-refractivity contribution in [2.45, 2.75) is 10.4 Å². The lowest BCUT2D eigenvalue weighted by Gasteiger charge is -2.31. The van der Waals surface area contributed by atoms with Crippen molar-refractivity contribution in [3.8, 4) is 6.07 Å². The van der Waals surface area contributed by atoms with E-state index in [0.29, 0.717) is 16.2 Å². The molecule has 0 spiro atoms. The van der Waals surface area contributed by atoms with Gasteiger partial charge in [-0.2, -0.15) is 5.26 Å². The minimum Gasteiger partial charge on any atom is -0.297 e. The first kappa shape index (κ1) is 19.7. The molecule has 0 heterocycles. The summed E-state index contributed by atoms with van der Waals surface area (Å²) in [6, 6.07) is 28.3. The van der Waals surface area contributed by atoms with Crippen molar-refractivity contribution in [2.24, 2.45) is 0 Å². The number of nitrogens with one attached hydrogen (secondary N) is 1. The Morgan fingerprint density at radius 1 is 0.815 bits per heavy atom. The molecule has 0 aliphatic carbocycles. The molecule has 3 rings (SSSR count). The van der Waals surface area contributed by atoms with Crippen LogP contribution in [-0.4, -0.2) is 4.33 Å². The minimum atomic E-state index is -3.33. The van der Waals surface area contributed by atoms with E-state index in [1.54, 1.807) is 36.4 Å². The fraction of sp³-hybridized carbons (Fsp3) is 0.0952. The summed E-state index contributed by atoms with van der Waals surface area (Å²) < 4.78 is 12.4. The van der Waals surface area contributed by atoms with Gasteiger partial charge in [-0.05, 0) is 29.8 Å². The van der Waals surface area contributed by atoms with Gasteiger partial charge in [0.25, 0.3) is 0 Å². The van der Waals surface area contributed by atoms with Crippen LogP contribution in [0.5, 0.6) is 0 Å². The number of nitrogens with zero attached hydrogens (tertiary/aromatic N) is 1. The summed E-state index contributed by atoms with van der Waals surface area (Å²) in [5.74, 6) is 0. The molecule has 3 aromatic carbocycles. The van der Waals surface area contributed by atoms with Crippen molar-refractivity contribution in [1.29, 1.82) is 5.26 Å². The number of benzene rings is 3. The van der Waals surface area contributed by atoms with Gasteiger partial charge in [0.05, 0.1) is 6.04 Å². The summed E-state index contributed by atoms with van der Waals surface area (Å²) in [6.07, 6.45) is 0. The van der Waals surface area contributed by atoms with Crippen molar-refractivity contribution < 1.29 is 4.57 Å². The van der Waals surface area contributed by atoms with Crippen LogP contribution >= 0.6 is 30.5 Å². The Kier molecular flexibility index (Phi) is 6.05. The molecule has 1 atom stereocenters. The number of hydrogen-bond donors (Lipinski definition) is 1. The van der Waals surface area contributed by atoms with E-state index in [1.807, 2.05) is 60.7 Å². The van der Waals surface area contributed by atoms with Gasteiger partial charge in [-0.1, -0.05) is 89.9 Å². The molecule has 0 radical (unpaired) electrons. The molecule has 0 amide bonds. The lowest BCUT2D eigenvalue weighted by Crippen LogP contribution is -2.38. The molecule has 27 heavy (non-hydrogen) atoms. The summed E-state index contributed by atoms with van der Waals surface area (Å²) in [4.78, 5) is 0. The molecule has 0 bridgehead atoms. The molecule has 0 unspecified atom stereocenters. The zero-order valence-corrected chi connectivity index (χ0v) is 16.7. The summed E-state index contributed by atoms with van der Waals surface area (Å²) in [7, 11) is -3.33.